The fourth-order valence-electron chi connectivity index (χ4n) is 7.81. The van der Waals surface area contributed by atoms with E-state index in [-0.39, 0.29) is 29.9 Å². The number of piperazine rings is 1. The van der Waals surface area contributed by atoms with Crippen molar-refractivity contribution in [2.45, 2.75) is 62.4 Å². The maximum Gasteiger partial charge on any atom is 0.255 e. The molecule has 3 amide bonds. The quantitative estimate of drug-likeness (QED) is 0.532. The second-order valence-electron chi connectivity index (χ2n) is 12.4. The van der Waals surface area contributed by atoms with Crippen molar-refractivity contribution >= 4 is 29.4 Å². The topological polar surface area (TPSA) is 120 Å². The molecule has 42 heavy (non-hydrogen) atoms. The zero-order valence-electron chi connectivity index (χ0n) is 23.5. The maximum atomic E-state index is 13.3. The Morgan fingerprint density at radius 2 is 1.79 bits per heavy atom. The van der Waals surface area contributed by atoms with Crippen molar-refractivity contribution in [3.8, 4) is 5.75 Å². The van der Waals surface area contributed by atoms with Crippen LogP contribution in [-0.4, -0.2) is 107 Å². The number of anilines is 2. The van der Waals surface area contributed by atoms with Crippen LogP contribution < -0.4 is 19.9 Å². The number of carbonyl (C=O) groups excluding carboxylic acids is 3. The van der Waals surface area contributed by atoms with Gasteiger partial charge in [0.25, 0.3) is 5.91 Å². The lowest BCUT2D eigenvalue weighted by Gasteiger charge is -2.47. The first-order valence-corrected chi connectivity index (χ1v) is 15.1. The number of fused-ring (bicyclic) bond motifs is 5. The normalized spacial score (nSPS) is 28.8. The standard InChI is InChI=1S/C30H35N7O5/c38-25-5-4-24(27(39)33-25)37-16-22-21(28(37)40)2-3-23-26(22)41-17-20-15-35(12-13-36(20)23)19-14-30(42-18-19)6-10-34(11-7-30)29-31-8-1-9-32-29/h1-3,8-9,19-20,24H,4-7,10-18H2,(H,33,38,39)/t19?,20-,24?/m1/s1. The Labute approximate surface area is 243 Å². The summed E-state index contributed by atoms with van der Waals surface area (Å²) in [7, 11) is 0. The van der Waals surface area contributed by atoms with E-state index in [1.807, 2.05) is 18.2 Å². The number of hydrogen-bond acceptors (Lipinski definition) is 10. The Kier molecular flexibility index (Phi) is 6.11. The molecule has 8 rings (SSSR count). The number of nitrogens with zero attached hydrogens (tertiary/aromatic N) is 6. The predicted octanol–water partition coefficient (Wildman–Crippen LogP) is 0.949. The van der Waals surface area contributed by atoms with Crippen LogP contribution in [0.2, 0.25) is 0 Å². The Morgan fingerprint density at radius 3 is 2.60 bits per heavy atom. The van der Waals surface area contributed by atoms with Gasteiger partial charge in [-0.2, -0.15) is 0 Å². The smallest absolute Gasteiger partial charge is 0.255 e. The molecular formula is C30H35N7O5. The highest BCUT2D eigenvalue weighted by Gasteiger charge is 2.47. The SMILES string of the molecule is O=C1CCC(N2Cc3c(ccc4c3OC[C@H]3CN(C5COC6(CCN(c7ncccn7)CC6)C5)CCN43)C2=O)C(=O)N1. The number of imide groups is 1. The van der Waals surface area contributed by atoms with Gasteiger partial charge in [0, 0.05) is 68.7 Å². The molecule has 3 atom stereocenters. The van der Waals surface area contributed by atoms with Crippen LogP contribution in [0.15, 0.2) is 30.6 Å². The third kappa shape index (κ3) is 4.22. The lowest BCUT2D eigenvalue weighted by molar-refractivity contribution is -0.136. The van der Waals surface area contributed by atoms with Crippen molar-refractivity contribution in [3.05, 3.63) is 41.7 Å². The number of amides is 3. The lowest BCUT2D eigenvalue weighted by atomic mass is 9.87. The molecule has 7 heterocycles. The summed E-state index contributed by atoms with van der Waals surface area (Å²) in [4.78, 5) is 55.1. The summed E-state index contributed by atoms with van der Waals surface area (Å²) < 4.78 is 12.9. The molecule has 0 aliphatic carbocycles. The number of aromatic nitrogens is 2. The van der Waals surface area contributed by atoms with Gasteiger partial charge >= 0.3 is 0 Å². The average molecular weight is 574 g/mol. The molecule has 6 aliphatic heterocycles. The number of benzene rings is 1. The summed E-state index contributed by atoms with van der Waals surface area (Å²) in [6.07, 6.45) is 7.21. The second-order valence-corrected chi connectivity index (χ2v) is 12.4. The molecule has 0 saturated carbocycles. The first-order chi connectivity index (χ1) is 20.5. The molecule has 1 aromatic carbocycles. The molecule has 12 heteroatoms. The molecule has 1 N–H and O–H groups in total. The van der Waals surface area contributed by atoms with Gasteiger partial charge in [-0.1, -0.05) is 0 Å². The van der Waals surface area contributed by atoms with Crippen molar-refractivity contribution in [1.29, 1.82) is 0 Å². The van der Waals surface area contributed by atoms with E-state index >= 15 is 0 Å². The summed E-state index contributed by atoms with van der Waals surface area (Å²) in [5, 5.41) is 2.38. The largest absolute Gasteiger partial charge is 0.489 e. The van der Waals surface area contributed by atoms with Gasteiger partial charge in [-0.15, -0.1) is 0 Å². The van der Waals surface area contributed by atoms with Gasteiger partial charge in [-0.05, 0) is 43.9 Å². The van der Waals surface area contributed by atoms with Gasteiger partial charge in [0.05, 0.1) is 30.5 Å². The zero-order valence-corrected chi connectivity index (χ0v) is 23.5. The van der Waals surface area contributed by atoms with Gasteiger partial charge in [0.2, 0.25) is 17.8 Å². The minimum Gasteiger partial charge on any atom is -0.489 e. The van der Waals surface area contributed by atoms with Crippen molar-refractivity contribution < 1.29 is 23.9 Å². The number of ether oxygens (including phenoxy) is 2. The van der Waals surface area contributed by atoms with E-state index in [4.69, 9.17) is 9.47 Å². The molecule has 0 bridgehead atoms. The van der Waals surface area contributed by atoms with Gasteiger partial charge in [-0.3, -0.25) is 24.6 Å². The Morgan fingerprint density at radius 1 is 0.952 bits per heavy atom. The van der Waals surface area contributed by atoms with E-state index in [0.29, 0.717) is 31.2 Å². The summed E-state index contributed by atoms with van der Waals surface area (Å²) in [6, 6.07) is 5.71. The van der Waals surface area contributed by atoms with Crippen LogP contribution in [-0.2, 0) is 20.9 Å². The van der Waals surface area contributed by atoms with E-state index < -0.39 is 11.9 Å². The van der Waals surface area contributed by atoms with E-state index in [1.165, 1.54) is 0 Å². The molecule has 0 radical (unpaired) electrons. The number of nitrogens with one attached hydrogen (secondary N) is 1. The lowest BCUT2D eigenvalue weighted by Crippen LogP contribution is -2.59. The molecule has 4 fully saturated rings. The second kappa shape index (κ2) is 9.91. The predicted molar refractivity (Wildman–Crippen MR) is 151 cm³/mol. The Hall–Kier alpha value is -3.77. The van der Waals surface area contributed by atoms with E-state index in [1.54, 1.807) is 17.3 Å². The van der Waals surface area contributed by atoms with Gasteiger partial charge in [0.1, 0.15) is 18.4 Å². The fourth-order valence-corrected chi connectivity index (χ4v) is 7.81. The van der Waals surface area contributed by atoms with Gasteiger partial charge < -0.3 is 24.2 Å². The maximum absolute atomic E-state index is 13.3. The third-order valence-electron chi connectivity index (χ3n) is 10.1. The molecule has 2 aromatic rings. The highest BCUT2D eigenvalue weighted by molar-refractivity contribution is 6.06. The zero-order chi connectivity index (χ0) is 28.4. The highest BCUT2D eigenvalue weighted by atomic mass is 16.5. The molecule has 6 aliphatic rings. The average Bonchev–Trinajstić information content (AvgIpc) is 3.58. The molecule has 2 unspecified atom stereocenters. The number of carbonyl (C=O) groups is 3. The monoisotopic (exact) mass is 573 g/mol. The number of rotatable bonds is 3. The van der Waals surface area contributed by atoms with Crippen molar-refractivity contribution in [1.82, 2.24) is 25.1 Å². The van der Waals surface area contributed by atoms with E-state index in [0.717, 1.165) is 81.5 Å². The molecule has 1 spiro atoms. The Balaban J connectivity index is 0.922. The van der Waals surface area contributed by atoms with E-state index in [2.05, 4.69) is 30.0 Å². The third-order valence-corrected chi connectivity index (χ3v) is 10.1. The Bertz CT molecular complexity index is 1430. The number of hydrogen-bond donors (Lipinski definition) is 1. The van der Waals surface area contributed by atoms with Crippen LogP contribution in [0.5, 0.6) is 5.75 Å². The van der Waals surface area contributed by atoms with Gasteiger partial charge in [-0.25, -0.2) is 9.97 Å². The number of piperidine rings is 2. The van der Waals surface area contributed by atoms with Crippen LogP contribution in [0.25, 0.3) is 0 Å². The van der Waals surface area contributed by atoms with Crippen molar-refractivity contribution in [3.63, 3.8) is 0 Å². The molecule has 1 aromatic heterocycles. The first-order valence-electron chi connectivity index (χ1n) is 15.1. The summed E-state index contributed by atoms with van der Waals surface area (Å²) >= 11 is 0. The van der Waals surface area contributed by atoms with Crippen molar-refractivity contribution in [2.24, 2.45) is 0 Å². The molecule has 4 saturated heterocycles. The molecule has 12 nitrogen and oxygen atoms in total. The summed E-state index contributed by atoms with van der Waals surface area (Å²) in [6.45, 7) is 6.19. The fraction of sp³-hybridized carbons (Fsp3) is 0.567. The van der Waals surface area contributed by atoms with Crippen molar-refractivity contribution in [2.75, 3.05) is 55.7 Å². The molecule has 220 valence electrons. The first kappa shape index (κ1) is 25.9. The molecular weight excluding hydrogens is 538 g/mol. The van der Waals surface area contributed by atoms with Crippen LogP contribution in [0.3, 0.4) is 0 Å². The van der Waals surface area contributed by atoms with Crippen LogP contribution in [0.4, 0.5) is 11.6 Å². The minimum atomic E-state index is -0.631. The van der Waals surface area contributed by atoms with Crippen LogP contribution in [0, 0.1) is 0 Å². The van der Waals surface area contributed by atoms with Crippen LogP contribution >= 0.6 is 0 Å². The summed E-state index contributed by atoms with van der Waals surface area (Å²) in [5.41, 5.74) is 2.40. The highest BCUT2D eigenvalue weighted by Crippen LogP contribution is 2.44. The summed E-state index contributed by atoms with van der Waals surface area (Å²) in [5.74, 6) is 0.711. The van der Waals surface area contributed by atoms with E-state index in [9.17, 15) is 14.4 Å². The van der Waals surface area contributed by atoms with Gasteiger partial charge in [0.15, 0.2) is 0 Å². The van der Waals surface area contributed by atoms with Crippen LogP contribution in [0.1, 0.15) is 48.0 Å². The minimum absolute atomic E-state index is 0.0652.